The van der Waals surface area contributed by atoms with Crippen LogP contribution in [0.2, 0.25) is 0 Å². The van der Waals surface area contributed by atoms with Gasteiger partial charge in [-0.25, -0.2) is 4.39 Å². The number of carbonyl (C=O) groups excluding carboxylic acids is 1. The first-order chi connectivity index (χ1) is 13.4. The summed E-state index contributed by atoms with van der Waals surface area (Å²) in [5.74, 6) is 1.40. The lowest BCUT2D eigenvalue weighted by Gasteiger charge is -2.41. The molecule has 1 aromatic carbocycles. The van der Waals surface area contributed by atoms with Crippen molar-refractivity contribution in [1.29, 1.82) is 0 Å². The van der Waals surface area contributed by atoms with E-state index >= 15 is 0 Å². The molecule has 0 bridgehead atoms. The zero-order valence-corrected chi connectivity index (χ0v) is 17.7. The van der Waals surface area contributed by atoms with E-state index in [1.807, 2.05) is 13.0 Å². The zero-order chi connectivity index (χ0) is 20.3. The maximum Gasteiger partial charge on any atom is 0.239 e. The fourth-order valence-corrected chi connectivity index (χ4v) is 4.64. The van der Waals surface area contributed by atoms with Crippen LogP contribution in [0.3, 0.4) is 0 Å². The maximum absolute atomic E-state index is 13.9. The van der Waals surface area contributed by atoms with Crippen LogP contribution < -0.4 is 4.74 Å². The lowest BCUT2D eigenvalue weighted by Crippen LogP contribution is -2.56. The van der Waals surface area contributed by atoms with Gasteiger partial charge in [0.25, 0.3) is 0 Å². The van der Waals surface area contributed by atoms with Crippen LogP contribution in [-0.4, -0.2) is 73.0 Å². The highest BCUT2D eigenvalue weighted by atomic mass is 19.1. The van der Waals surface area contributed by atoms with Gasteiger partial charge in [0.05, 0.1) is 13.2 Å². The molecule has 2 saturated heterocycles. The smallest absolute Gasteiger partial charge is 0.239 e. The summed E-state index contributed by atoms with van der Waals surface area (Å²) in [5, 5.41) is 0. The molecule has 0 saturated carbocycles. The minimum absolute atomic E-state index is 0.0712. The number of halogens is 1. The van der Waals surface area contributed by atoms with Crippen LogP contribution in [0.1, 0.15) is 32.8 Å². The second-order valence-corrected chi connectivity index (χ2v) is 8.65. The van der Waals surface area contributed by atoms with Gasteiger partial charge in [-0.3, -0.25) is 14.6 Å². The summed E-state index contributed by atoms with van der Waals surface area (Å²) < 4.78 is 18.9. The Kier molecular flexibility index (Phi) is 6.94. The van der Waals surface area contributed by atoms with Gasteiger partial charge in [-0.15, -0.1) is 0 Å². The number of hydrogen-bond donors (Lipinski definition) is 0. The zero-order valence-electron chi connectivity index (χ0n) is 17.7. The third-order valence-electron chi connectivity index (χ3n) is 6.11. The molecule has 2 fully saturated rings. The molecule has 0 N–H and O–H groups in total. The van der Waals surface area contributed by atoms with Gasteiger partial charge in [-0.1, -0.05) is 19.9 Å². The summed E-state index contributed by atoms with van der Waals surface area (Å²) in [6.07, 6.45) is 1.21. The van der Waals surface area contributed by atoms with E-state index in [-0.39, 0.29) is 23.5 Å². The molecule has 2 heterocycles. The van der Waals surface area contributed by atoms with Gasteiger partial charge in [-0.05, 0) is 42.9 Å². The van der Waals surface area contributed by atoms with Gasteiger partial charge in [0, 0.05) is 45.8 Å². The quantitative estimate of drug-likeness (QED) is 0.773. The third kappa shape index (κ3) is 5.03. The Morgan fingerprint density at radius 2 is 1.82 bits per heavy atom. The Bertz CT molecular complexity index is 666. The summed E-state index contributed by atoms with van der Waals surface area (Å²) in [6.45, 7) is 12.5. The molecule has 2 aliphatic rings. The van der Waals surface area contributed by atoms with E-state index in [1.165, 1.54) is 13.5 Å². The van der Waals surface area contributed by atoms with Crippen LogP contribution in [0, 0.1) is 17.7 Å². The van der Waals surface area contributed by atoms with Crippen LogP contribution >= 0.6 is 0 Å². The van der Waals surface area contributed by atoms with E-state index in [1.54, 1.807) is 12.1 Å². The number of rotatable bonds is 5. The highest BCUT2D eigenvalue weighted by Crippen LogP contribution is 2.23. The van der Waals surface area contributed by atoms with Crippen molar-refractivity contribution in [1.82, 2.24) is 14.7 Å². The van der Waals surface area contributed by atoms with Gasteiger partial charge < -0.3 is 9.64 Å². The Morgan fingerprint density at radius 1 is 1.18 bits per heavy atom. The van der Waals surface area contributed by atoms with Crippen molar-refractivity contribution in [2.75, 3.05) is 46.4 Å². The number of methoxy groups -OCH3 is 1. The highest BCUT2D eigenvalue weighted by molar-refractivity contribution is 5.81. The van der Waals surface area contributed by atoms with Crippen LogP contribution in [0.5, 0.6) is 5.75 Å². The summed E-state index contributed by atoms with van der Waals surface area (Å²) >= 11 is 0. The average molecular weight is 392 g/mol. The molecule has 0 radical (unpaired) electrons. The predicted octanol–water partition coefficient (Wildman–Crippen LogP) is 2.84. The first kappa shape index (κ1) is 21.1. The van der Waals surface area contributed by atoms with Crippen molar-refractivity contribution in [3.8, 4) is 5.75 Å². The van der Waals surface area contributed by atoms with Gasteiger partial charge >= 0.3 is 0 Å². The maximum atomic E-state index is 13.9. The van der Waals surface area contributed by atoms with E-state index in [4.69, 9.17) is 4.74 Å². The minimum Gasteiger partial charge on any atom is -0.494 e. The van der Waals surface area contributed by atoms with Crippen molar-refractivity contribution < 1.29 is 13.9 Å². The number of nitrogens with zero attached hydrogens (tertiary/aromatic N) is 3. The van der Waals surface area contributed by atoms with Crippen molar-refractivity contribution in [2.24, 2.45) is 11.8 Å². The average Bonchev–Trinajstić information content (AvgIpc) is 2.67. The first-order valence-corrected chi connectivity index (χ1v) is 10.4. The summed E-state index contributed by atoms with van der Waals surface area (Å²) in [6, 6.07) is 5.08. The van der Waals surface area contributed by atoms with Crippen molar-refractivity contribution in [3.63, 3.8) is 0 Å². The standard InChI is InChI=1S/C22H34FN3O2/c1-16-11-17(2)14-26(13-16)22(27)18(3)25-9-7-24(8-10-25)15-19-5-6-21(28-4)20(23)12-19/h5-6,12,16-18H,7-11,13-15H2,1-4H3/t16-,17+,18-/m1/s1. The molecule has 6 heteroatoms. The van der Waals surface area contributed by atoms with Gasteiger partial charge in [0.15, 0.2) is 11.6 Å². The minimum atomic E-state index is -0.317. The normalized spacial score (nSPS) is 25.5. The van der Waals surface area contributed by atoms with E-state index in [0.29, 0.717) is 11.8 Å². The molecule has 5 nitrogen and oxygen atoms in total. The molecule has 0 spiro atoms. The van der Waals surface area contributed by atoms with Crippen LogP contribution in [0.15, 0.2) is 18.2 Å². The molecule has 1 amide bonds. The molecule has 2 aliphatic heterocycles. The van der Waals surface area contributed by atoms with Gasteiger partial charge in [0.2, 0.25) is 5.91 Å². The monoisotopic (exact) mass is 391 g/mol. The van der Waals surface area contributed by atoms with Gasteiger partial charge in [-0.2, -0.15) is 0 Å². The van der Waals surface area contributed by atoms with Crippen LogP contribution in [0.25, 0.3) is 0 Å². The molecule has 1 aromatic rings. The number of amides is 1. The van der Waals surface area contributed by atoms with Crippen molar-refractivity contribution in [3.05, 3.63) is 29.6 Å². The topological polar surface area (TPSA) is 36.0 Å². The predicted molar refractivity (Wildman–Crippen MR) is 109 cm³/mol. The largest absolute Gasteiger partial charge is 0.494 e. The molecule has 28 heavy (non-hydrogen) atoms. The molecule has 0 aliphatic carbocycles. The summed E-state index contributed by atoms with van der Waals surface area (Å²) in [5.41, 5.74) is 0.951. The Balaban J connectivity index is 1.50. The molecule has 0 unspecified atom stereocenters. The summed E-state index contributed by atoms with van der Waals surface area (Å²) in [4.78, 5) is 19.6. The SMILES string of the molecule is COc1ccc(CN2CCN([C@H](C)C(=O)N3C[C@H](C)C[C@H](C)C3)CC2)cc1F. The van der Waals surface area contributed by atoms with E-state index in [0.717, 1.165) is 51.4 Å². The Hall–Kier alpha value is -1.66. The second kappa shape index (κ2) is 9.23. The number of benzene rings is 1. The molecule has 0 aromatic heterocycles. The molecular formula is C22H34FN3O2. The van der Waals surface area contributed by atoms with Gasteiger partial charge in [0.1, 0.15) is 0 Å². The number of piperazine rings is 1. The molecular weight excluding hydrogens is 357 g/mol. The second-order valence-electron chi connectivity index (χ2n) is 8.65. The first-order valence-electron chi connectivity index (χ1n) is 10.4. The lowest BCUT2D eigenvalue weighted by molar-refractivity contribution is -0.139. The fourth-order valence-electron chi connectivity index (χ4n) is 4.64. The van der Waals surface area contributed by atoms with E-state index < -0.39 is 0 Å². The number of piperidine rings is 1. The number of likely N-dealkylation sites (tertiary alicyclic amines) is 1. The highest BCUT2D eigenvalue weighted by Gasteiger charge is 2.32. The van der Waals surface area contributed by atoms with Crippen LogP contribution in [0.4, 0.5) is 4.39 Å². The number of hydrogen-bond acceptors (Lipinski definition) is 4. The molecule has 3 rings (SSSR count). The summed E-state index contributed by atoms with van der Waals surface area (Å²) in [7, 11) is 1.48. The molecule has 3 atom stereocenters. The van der Waals surface area contributed by atoms with E-state index in [9.17, 15) is 9.18 Å². The van der Waals surface area contributed by atoms with Crippen LogP contribution in [-0.2, 0) is 11.3 Å². The fraction of sp³-hybridized carbons (Fsp3) is 0.682. The van der Waals surface area contributed by atoms with Crippen molar-refractivity contribution >= 4 is 5.91 Å². The third-order valence-corrected chi connectivity index (χ3v) is 6.11. The number of ether oxygens (including phenoxy) is 1. The Morgan fingerprint density at radius 3 is 2.39 bits per heavy atom. The number of carbonyl (C=O) groups is 1. The van der Waals surface area contributed by atoms with E-state index in [2.05, 4.69) is 28.5 Å². The Labute approximate surface area is 168 Å². The molecule has 156 valence electrons. The van der Waals surface area contributed by atoms with Crippen molar-refractivity contribution in [2.45, 2.75) is 39.8 Å². The lowest BCUT2D eigenvalue weighted by atomic mass is 9.91.